The molecular formula is C23H24FNO3S. The molecule has 0 aromatic heterocycles. The Kier molecular flexibility index (Phi) is 7.36. The lowest BCUT2D eigenvalue weighted by Crippen LogP contribution is -2.27. The van der Waals surface area contributed by atoms with E-state index in [-0.39, 0.29) is 5.82 Å². The van der Waals surface area contributed by atoms with E-state index in [1.54, 1.807) is 37.1 Å². The monoisotopic (exact) mass is 413 g/mol. The van der Waals surface area contributed by atoms with Gasteiger partial charge < -0.3 is 14.7 Å². The molecule has 1 aliphatic heterocycles. The van der Waals surface area contributed by atoms with Gasteiger partial charge in [-0.3, -0.25) is 0 Å². The van der Waals surface area contributed by atoms with Crippen molar-refractivity contribution in [3.8, 4) is 5.75 Å². The van der Waals surface area contributed by atoms with Crippen LogP contribution in [0.2, 0.25) is 0 Å². The highest BCUT2D eigenvalue weighted by molar-refractivity contribution is 8.03. The first kappa shape index (κ1) is 21.0. The third kappa shape index (κ3) is 5.87. The number of ether oxygens (including phenoxy) is 1. The molecule has 0 unspecified atom stereocenters. The number of hydrogen-bond acceptors (Lipinski definition) is 4. The Morgan fingerprint density at radius 3 is 2.72 bits per heavy atom. The van der Waals surface area contributed by atoms with Gasteiger partial charge in [0, 0.05) is 13.1 Å². The summed E-state index contributed by atoms with van der Waals surface area (Å²) in [6, 6.07) is 14.3. The van der Waals surface area contributed by atoms with Crippen LogP contribution in [0.3, 0.4) is 0 Å². The van der Waals surface area contributed by atoms with Crippen LogP contribution < -0.4 is 4.74 Å². The summed E-state index contributed by atoms with van der Waals surface area (Å²) in [5, 5.41) is 10.4. The Morgan fingerprint density at radius 1 is 1.21 bits per heavy atom. The standard InChI is InChI=1S/C23H24FNO3S/c1-28-20-7-2-5-18(15-20)16-25-13-3-8-21(23(26)27)22(25)29-14-4-6-17-9-11-19(24)12-10-17/h2-3,5,7-12,15H,4,6,13-14,16H2,1H3,(H,26,27). The Hall–Kier alpha value is -2.73. The zero-order valence-electron chi connectivity index (χ0n) is 16.3. The minimum absolute atomic E-state index is 0.235. The fourth-order valence-corrected chi connectivity index (χ4v) is 4.29. The van der Waals surface area contributed by atoms with Crippen LogP contribution in [-0.4, -0.2) is 35.4 Å². The molecule has 0 saturated carbocycles. The van der Waals surface area contributed by atoms with Crippen LogP contribution in [-0.2, 0) is 17.8 Å². The Labute approximate surface area is 174 Å². The number of rotatable bonds is 9. The van der Waals surface area contributed by atoms with Gasteiger partial charge in [0.15, 0.2) is 0 Å². The molecule has 2 aromatic rings. The Balaban J connectivity index is 1.67. The van der Waals surface area contributed by atoms with Gasteiger partial charge in [0.1, 0.15) is 11.6 Å². The first-order valence-corrected chi connectivity index (χ1v) is 10.4. The van der Waals surface area contributed by atoms with Gasteiger partial charge in [0.2, 0.25) is 0 Å². The van der Waals surface area contributed by atoms with Gasteiger partial charge in [-0.2, -0.15) is 0 Å². The third-order valence-electron chi connectivity index (χ3n) is 4.63. The minimum atomic E-state index is -0.919. The molecule has 3 rings (SSSR count). The van der Waals surface area contributed by atoms with E-state index >= 15 is 0 Å². The number of carboxylic acid groups (broad SMARTS) is 1. The second kappa shape index (κ2) is 10.2. The molecule has 0 fully saturated rings. The summed E-state index contributed by atoms with van der Waals surface area (Å²) in [6.07, 6.45) is 5.27. The molecule has 1 aliphatic rings. The van der Waals surface area contributed by atoms with Crippen molar-refractivity contribution in [3.63, 3.8) is 0 Å². The van der Waals surface area contributed by atoms with Crippen molar-refractivity contribution < 1.29 is 19.0 Å². The van der Waals surface area contributed by atoms with Gasteiger partial charge >= 0.3 is 5.97 Å². The van der Waals surface area contributed by atoms with Crippen molar-refractivity contribution in [1.82, 2.24) is 4.90 Å². The molecule has 0 bridgehead atoms. The number of carbonyl (C=O) groups is 1. The SMILES string of the molecule is COc1cccc(CN2CC=CC(C(=O)O)=C2SCCCc2ccc(F)cc2)c1. The first-order valence-electron chi connectivity index (χ1n) is 9.46. The summed E-state index contributed by atoms with van der Waals surface area (Å²) in [5.41, 5.74) is 2.47. The maximum atomic E-state index is 13.0. The number of halogens is 1. The summed E-state index contributed by atoms with van der Waals surface area (Å²) in [6.45, 7) is 1.27. The number of thioether (sulfide) groups is 1. The zero-order chi connectivity index (χ0) is 20.6. The molecule has 0 aliphatic carbocycles. The van der Waals surface area contributed by atoms with Gasteiger partial charge in [0.25, 0.3) is 0 Å². The number of carboxylic acids is 1. The highest BCUT2D eigenvalue weighted by Crippen LogP contribution is 2.31. The smallest absolute Gasteiger partial charge is 0.338 e. The maximum Gasteiger partial charge on any atom is 0.338 e. The van der Waals surface area contributed by atoms with E-state index in [4.69, 9.17) is 4.74 Å². The van der Waals surface area contributed by atoms with Crippen LogP contribution >= 0.6 is 11.8 Å². The molecule has 2 aromatic carbocycles. The summed E-state index contributed by atoms with van der Waals surface area (Å²) in [7, 11) is 1.63. The summed E-state index contributed by atoms with van der Waals surface area (Å²) < 4.78 is 18.3. The summed E-state index contributed by atoms with van der Waals surface area (Å²) >= 11 is 1.56. The Bertz CT molecular complexity index is 909. The second-order valence-corrected chi connectivity index (χ2v) is 7.82. The summed E-state index contributed by atoms with van der Waals surface area (Å²) in [4.78, 5) is 13.8. The van der Waals surface area contributed by atoms with Gasteiger partial charge in [0.05, 0.1) is 17.7 Å². The van der Waals surface area contributed by atoms with E-state index in [1.165, 1.54) is 12.1 Å². The number of nitrogens with zero attached hydrogens (tertiary/aromatic N) is 1. The lowest BCUT2D eigenvalue weighted by atomic mass is 10.1. The van der Waals surface area contributed by atoms with Crippen molar-refractivity contribution in [1.29, 1.82) is 0 Å². The first-order chi connectivity index (χ1) is 14.1. The van der Waals surface area contributed by atoms with Crippen LogP contribution in [0.5, 0.6) is 5.75 Å². The highest BCUT2D eigenvalue weighted by Gasteiger charge is 2.21. The van der Waals surface area contributed by atoms with Crippen molar-refractivity contribution >= 4 is 17.7 Å². The van der Waals surface area contributed by atoms with Crippen molar-refractivity contribution in [2.24, 2.45) is 0 Å². The predicted octanol–water partition coefficient (Wildman–Crippen LogP) is 4.87. The molecule has 4 nitrogen and oxygen atoms in total. The van der Waals surface area contributed by atoms with Crippen LogP contribution in [0.4, 0.5) is 4.39 Å². The van der Waals surface area contributed by atoms with E-state index in [1.807, 2.05) is 30.3 Å². The molecule has 29 heavy (non-hydrogen) atoms. The van der Waals surface area contributed by atoms with Crippen molar-refractivity contribution in [2.45, 2.75) is 19.4 Å². The van der Waals surface area contributed by atoms with E-state index < -0.39 is 5.97 Å². The quantitative estimate of drug-likeness (QED) is 0.595. The van der Waals surface area contributed by atoms with Crippen LogP contribution in [0.1, 0.15) is 17.5 Å². The highest BCUT2D eigenvalue weighted by atomic mass is 32.2. The number of aliphatic carboxylic acids is 1. The molecule has 152 valence electrons. The second-order valence-electron chi connectivity index (χ2n) is 6.74. The Morgan fingerprint density at radius 2 is 2.00 bits per heavy atom. The topological polar surface area (TPSA) is 49.8 Å². The van der Waals surface area contributed by atoms with E-state index in [0.717, 1.165) is 40.5 Å². The molecule has 0 atom stereocenters. The fraction of sp³-hybridized carbons (Fsp3) is 0.261. The molecule has 1 heterocycles. The molecule has 0 radical (unpaired) electrons. The van der Waals surface area contributed by atoms with Crippen molar-refractivity contribution in [3.05, 3.63) is 88.2 Å². The van der Waals surface area contributed by atoms with Gasteiger partial charge in [-0.15, -0.1) is 11.8 Å². The molecule has 0 saturated heterocycles. The third-order valence-corrected chi connectivity index (χ3v) is 5.87. The number of aryl methyl sites for hydroxylation is 1. The van der Waals surface area contributed by atoms with E-state index in [0.29, 0.717) is 18.7 Å². The average molecular weight is 414 g/mol. The minimum Gasteiger partial charge on any atom is -0.497 e. The maximum absolute atomic E-state index is 13.0. The number of benzene rings is 2. The van der Waals surface area contributed by atoms with Gasteiger partial charge in [-0.05, 0) is 60.1 Å². The molecule has 1 N–H and O–H groups in total. The molecule has 6 heteroatoms. The van der Waals surface area contributed by atoms with Gasteiger partial charge in [-0.1, -0.05) is 30.3 Å². The largest absolute Gasteiger partial charge is 0.497 e. The lowest BCUT2D eigenvalue weighted by molar-refractivity contribution is -0.132. The van der Waals surface area contributed by atoms with Gasteiger partial charge in [-0.25, -0.2) is 9.18 Å². The van der Waals surface area contributed by atoms with E-state index in [2.05, 4.69) is 4.90 Å². The van der Waals surface area contributed by atoms with Crippen LogP contribution in [0, 0.1) is 5.82 Å². The molecule has 0 spiro atoms. The van der Waals surface area contributed by atoms with E-state index in [9.17, 15) is 14.3 Å². The number of hydrogen-bond donors (Lipinski definition) is 1. The normalized spacial score (nSPS) is 13.7. The zero-order valence-corrected chi connectivity index (χ0v) is 17.1. The molecule has 0 amide bonds. The average Bonchev–Trinajstić information content (AvgIpc) is 2.73. The van der Waals surface area contributed by atoms with Crippen LogP contribution in [0.25, 0.3) is 0 Å². The van der Waals surface area contributed by atoms with Crippen molar-refractivity contribution in [2.75, 3.05) is 19.4 Å². The summed E-state index contributed by atoms with van der Waals surface area (Å²) in [5.74, 6) is 0.413. The van der Waals surface area contributed by atoms with Crippen LogP contribution in [0.15, 0.2) is 71.3 Å². The molecular weight excluding hydrogens is 389 g/mol. The lowest BCUT2D eigenvalue weighted by Gasteiger charge is -2.29. The predicted molar refractivity (Wildman–Crippen MR) is 114 cm³/mol. The fourth-order valence-electron chi connectivity index (χ4n) is 3.18. The number of methoxy groups -OCH3 is 1.